The molecule has 8 nitrogen and oxygen atoms in total. The summed E-state index contributed by atoms with van der Waals surface area (Å²) in [5, 5.41) is 13.8. The first-order valence-electron chi connectivity index (χ1n) is 7.70. The zero-order valence-electron chi connectivity index (χ0n) is 14.3. The van der Waals surface area contributed by atoms with Crippen LogP contribution in [0.15, 0.2) is 4.52 Å². The fourth-order valence-electron chi connectivity index (χ4n) is 2.18. The standard InChI is InChI=1S/C15H24N6O2/c1-9(2)14-17-13(23-20-14)8-16-15(22)21(5)7-6-12-10(3)18-19-11(12)4/h9H,6-8H2,1-5H3,(H,16,22)(H,18,19). The second-order valence-electron chi connectivity index (χ2n) is 5.94. The van der Waals surface area contributed by atoms with Crippen molar-refractivity contribution in [2.24, 2.45) is 0 Å². The van der Waals surface area contributed by atoms with E-state index in [4.69, 9.17) is 4.52 Å². The van der Waals surface area contributed by atoms with E-state index in [1.165, 1.54) is 0 Å². The van der Waals surface area contributed by atoms with Gasteiger partial charge in [0.05, 0.1) is 12.2 Å². The fourth-order valence-corrected chi connectivity index (χ4v) is 2.18. The van der Waals surface area contributed by atoms with Gasteiger partial charge in [-0.3, -0.25) is 5.10 Å². The van der Waals surface area contributed by atoms with Crippen LogP contribution >= 0.6 is 0 Å². The van der Waals surface area contributed by atoms with Crippen molar-refractivity contribution >= 4 is 6.03 Å². The van der Waals surface area contributed by atoms with Gasteiger partial charge in [-0.1, -0.05) is 19.0 Å². The quantitative estimate of drug-likeness (QED) is 0.847. The van der Waals surface area contributed by atoms with Gasteiger partial charge < -0.3 is 14.7 Å². The monoisotopic (exact) mass is 320 g/mol. The zero-order chi connectivity index (χ0) is 17.0. The smallest absolute Gasteiger partial charge is 0.317 e. The van der Waals surface area contributed by atoms with E-state index >= 15 is 0 Å². The number of amides is 2. The maximum atomic E-state index is 12.1. The first-order valence-corrected chi connectivity index (χ1v) is 7.70. The second kappa shape index (κ2) is 7.26. The van der Waals surface area contributed by atoms with Crippen molar-refractivity contribution in [3.63, 3.8) is 0 Å². The Labute approximate surface area is 135 Å². The molecule has 2 N–H and O–H groups in total. The number of aromatic amines is 1. The lowest BCUT2D eigenvalue weighted by Crippen LogP contribution is -2.38. The minimum Gasteiger partial charge on any atom is -0.337 e. The van der Waals surface area contributed by atoms with Gasteiger partial charge in [-0.05, 0) is 25.8 Å². The second-order valence-corrected chi connectivity index (χ2v) is 5.94. The van der Waals surface area contributed by atoms with Crippen LogP contribution in [0, 0.1) is 13.8 Å². The summed E-state index contributed by atoms with van der Waals surface area (Å²) in [7, 11) is 1.76. The van der Waals surface area contributed by atoms with Gasteiger partial charge in [0.25, 0.3) is 0 Å². The molecule has 0 bridgehead atoms. The van der Waals surface area contributed by atoms with E-state index in [-0.39, 0.29) is 18.5 Å². The highest BCUT2D eigenvalue weighted by Gasteiger charge is 2.14. The number of nitrogens with one attached hydrogen (secondary N) is 2. The molecule has 126 valence electrons. The number of nitrogens with zero attached hydrogens (tertiary/aromatic N) is 4. The number of H-pyrrole nitrogens is 1. The van der Waals surface area contributed by atoms with Gasteiger partial charge in [0.15, 0.2) is 5.82 Å². The molecule has 2 aromatic rings. The lowest BCUT2D eigenvalue weighted by molar-refractivity contribution is 0.207. The summed E-state index contributed by atoms with van der Waals surface area (Å²) in [4.78, 5) is 17.9. The Balaban J connectivity index is 1.80. The maximum absolute atomic E-state index is 12.1. The minimum absolute atomic E-state index is 0.173. The highest BCUT2D eigenvalue weighted by molar-refractivity contribution is 5.73. The Hall–Kier alpha value is -2.38. The SMILES string of the molecule is Cc1n[nH]c(C)c1CCN(C)C(=O)NCc1nc(C(C)C)no1. The molecule has 2 rings (SSSR count). The number of carbonyl (C=O) groups is 1. The lowest BCUT2D eigenvalue weighted by Gasteiger charge is -2.17. The molecule has 0 saturated carbocycles. The summed E-state index contributed by atoms with van der Waals surface area (Å²) in [6, 6.07) is -0.173. The Kier molecular flexibility index (Phi) is 5.36. The fraction of sp³-hybridized carbons (Fsp3) is 0.600. The maximum Gasteiger partial charge on any atom is 0.317 e. The predicted molar refractivity (Wildman–Crippen MR) is 85.0 cm³/mol. The number of likely N-dealkylation sites (N-methyl/N-ethyl adjacent to an activating group) is 1. The summed E-state index contributed by atoms with van der Waals surface area (Å²) < 4.78 is 5.10. The number of aromatic nitrogens is 4. The van der Waals surface area contributed by atoms with E-state index in [0.717, 1.165) is 23.4 Å². The average Bonchev–Trinajstić information content (AvgIpc) is 3.10. The molecule has 0 spiro atoms. The van der Waals surface area contributed by atoms with E-state index in [1.807, 2.05) is 27.7 Å². The van der Waals surface area contributed by atoms with Crippen LogP contribution in [-0.2, 0) is 13.0 Å². The topological polar surface area (TPSA) is 99.9 Å². The Morgan fingerprint density at radius 2 is 2.13 bits per heavy atom. The highest BCUT2D eigenvalue weighted by Crippen LogP contribution is 2.11. The Morgan fingerprint density at radius 3 is 2.70 bits per heavy atom. The number of carbonyl (C=O) groups excluding carboxylic acids is 1. The van der Waals surface area contributed by atoms with E-state index in [0.29, 0.717) is 18.3 Å². The summed E-state index contributed by atoms with van der Waals surface area (Å²) in [6.45, 7) is 8.75. The molecule has 0 unspecified atom stereocenters. The molecule has 0 aromatic carbocycles. The lowest BCUT2D eigenvalue weighted by atomic mass is 10.1. The number of hydrogen-bond donors (Lipinski definition) is 2. The van der Waals surface area contributed by atoms with Crippen LogP contribution in [0.2, 0.25) is 0 Å². The molecule has 0 aliphatic heterocycles. The molecular formula is C15H24N6O2. The minimum atomic E-state index is -0.173. The average molecular weight is 320 g/mol. The molecule has 0 aliphatic carbocycles. The number of urea groups is 1. The number of aryl methyl sites for hydroxylation is 2. The molecule has 8 heteroatoms. The van der Waals surface area contributed by atoms with Gasteiger partial charge in [-0.2, -0.15) is 10.1 Å². The van der Waals surface area contributed by atoms with Crippen molar-refractivity contribution in [2.45, 2.75) is 46.6 Å². The molecule has 0 radical (unpaired) electrons. The van der Waals surface area contributed by atoms with Crippen LogP contribution in [0.1, 0.15) is 48.4 Å². The third kappa shape index (κ3) is 4.30. The van der Waals surface area contributed by atoms with Gasteiger partial charge in [0, 0.05) is 25.2 Å². The Bertz CT molecular complexity index is 641. The molecule has 0 saturated heterocycles. The normalized spacial score (nSPS) is 11.0. The predicted octanol–water partition coefficient (Wildman–Crippen LogP) is 1.92. The zero-order valence-corrected chi connectivity index (χ0v) is 14.3. The Morgan fingerprint density at radius 1 is 1.39 bits per heavy atom. The largest absolute Gasteiger partial charge is 0.337 e. The number of rotatable bonds is 6. The van der Waals surface area contributed by atoms with E-state index in [2.05, 4.69) is 25.7 Å². The van der Waals surface area contributed by atoms with Crippen LogP contribution in [0.5, 0.6) is 0 Å². The van der Waals surface area contributed by atoms with Gasteiger partial charge >= 0.3 is 6.03 Å². The first kappa shape index (κ1) is 17.0. The molecule has 0 aliphatic rings. The van der Waals surface area contributed by atoms with E-state index < -0.39 is 0 Å². The third-order valence-corrected chi connectivity index (χ3v) is 3.72. The molecule has 2 aromatic heterocycles. The molecule has 2 amide bonds. The van der Waals surface area contributed by atoms with Crippen molar-refractivity contribution in [3.05, 3.63) is 28.7 Å². The van der Waals surface area contributed by atoms with Crippen molar-refractivity contribution in [1.29, 1.82) is 0 Å². The van der Waals surface area contributed by atoms with Crippen molar-refractivity contribution < 1.29 is 9.32 Å². The third-order valence-electron chi connectivity index (χ3n) is 3.72. The van der Waals surface area contributed by atoms with Gasteiger partial charge in [0.2, 0.25) is 5.89 Å². The van der Waals surface area contributed by atoms with Gasteiger partial charge in [-0.15, -0.1) is 0 Å². The van der Waals surface area contributed by atoms with Gasteiger partial charge in [0.1, 0.15) is 0 Å². The van der Waals surface area contributed by atoms with Crippen LogP contribution in [0.25, 0.3) is 0 Å². The van der Waals surface area contributed by atoms with Crippen molar-refractivity contribution in [2.75, 3.05) is 13.6 Å². The van der Waals surface area contributed by atoms with Crippen molar-refractivity contribution in [1.82, 2.24) is 30.6 Å². The van der Waals surface area contributed by atoms with Crippen LogP contribution in [0.3, 0.4) is 0 Å². The van der Waals surface area contributed by atoms with Crippen LogP contribution < -0.4 is 5.32 Å². The number of hydrogen-bond acceptors (Lipinski definition) is 5. The summed E-state index contributed by atoms with van der Waals surface area (Å²) in [6.07, 6.45) is 0.760. The van der Waals surface area contributed by atoms with Crippen LogP contribution in [0.4, 0.5) is 4.79 Å². The highest BCUT2D eigenvalue weighted by atomic mass is 16.5. The molecule has 0 atom stereocenters. The molecule has 23 heavy (non-hydrogen) atoms. The molecule has 2 heterocycles. The van der Waals surface area contributed by atoms with Crippen molar-refractivity contribution in [3.8, 4) is 0 Å². The molecule has 0 fully saturated rings. The van der Waals surface area contributed by atoms with Gasteiger partial charge in [-0.25, -0.2) is 4.79 Å². The first-order chi connectivity index (χ1) is 10.9. The molecular weight excluding hydrogens is 296 g/mol. The van der Waals surface area contributed by atoms with Crippen LogP contribution in [-0.4, -0.2) is 44.9 Å². The van der Waals surface area contributed by atoms with E-state index in [1.54, 1.807) is 11.9 Å². The van der Waals surface area contributed by atoms with E-state index in [9.17, 15) is 4.79 Å². The summed E-state index contributed by atoms with van der Waals surface area (Å²) in [5.74, 6) is 1.26. The summed E-state index contributed by atoms with van der Waals surface area (Å²) in [5.41, 5.74) is 3.18. The summed E-state index contributed by atoms with van der Waals surface area (Å²) >= 11 is 0.